The molecule has 0 saturated carbocycles. The number of rotatable bonds is 8. The number of H-pyrrole nitrogens is 1. The molecule has 1 saturated heterocycles. The van der Waals surface area contributed by atoms with E-state index in [1.165, 1.54) is 18.2 Å². The lowest BCUT2D eigenvalue weighted by atomic mass is 10.0. The molecule has 12 nitrogen and oxygen atoms in total. The molecular formula is C27H31FN4O8. The Labute approximate surface area is 229 Å². The summed E-state index contributed by atoms with van der Waals surface area (Å²) < 4.78 is 19.0. The number of hydrogen-bond donors (Lipinski definition) is 6. The van der Waals surface area contributed by atoms with Crippen LogP contribution in [-0.4, -0.2) is 94.5 Å². The number of aryl methyl sites for hydroxylation is 1. The largest absolute Gasteiger partial charge is 0.478 e. The van der Waals surface area contributed by atoms with Gasteiger partial charge in [0.15, 0.2) is 0 Å². The molecule has 1 aromatic carbocycles. The Hall–Kier alpha value is -4.33. The van der Waals surface area contributed by atoms with E-state index in [-0.39, 0.29) is 18.4 Å². The van der Waals surface area contributed by atoms with Crippen LogP contribution in [0, 0.1) is 19.7 Å². The predicted octanol–water partition coefficient (Wildman–Crippen LogP) is 1.40. The molecule has 2 aliphatic rings. The van der Waals surface area contributed by atoms with E-state index in [0.717, 1.165) is 13.1 Å². The first-order chi connectivity index (χ1) is 19.0. The number of ether oxygens (including phenoxy) is 1. The van der Waals surface area contributed by atoms with Crippen LogP contribution >= 0.6 is 0 Å². The number of aromatic nitrogens is 1. The van der Waals surface area contributed by atoms with E-state index in [4.69, 9.17) is 14.9 Å². The van der Waals surface area contributed by atoms with Crippen molar-refractivity contribution < 1.29 is 43.6 Å². The highest BCUT2D eigenvalue weighted by Crippen LogP contribution is 2.34. The van der Waals surface area contributed by atoms with Gasteiger partial charge in [-0.2, -0.15) is 0 Å². The highest BCUT2D eigenvalue weighted by molar-refractivity contribution is 6.34. The van der Waals surface area contributed by atoms with Crippen molar-refractivity contribution >= 4 is 41.1 Å². The first-order valence-corrected chi connectivity index (χ1v) is 12.4. The SMILES string of the molecule is Cc1[nH]c(C=C2C(=O)Nc3ccc(F)cc32)c(C)c1C(=O)NCC(O)CN1CCOCC1.O=C(O)C=CC(=O)O. The molecule has 13 heteroatoms. The summed E-state index contributed by atoms with van der Waals surface area (Å²) in [4.78, 5) is 49.6. The van der Waals surface area contributed by atoms with Gasteiger partial charge in [0.1, 0.15) is 5.82 Å². The lowest BCUT2D eigenvalue weighted by molar-refractivity contribution is -0.134. The summed E-state index contributed by atoms with van der Waals surface area (Å²) in [5, 5.41) is 31.4. The van der Waals surface area contributed by atoms with Crippen LogP contribution in [0.2, 0.25) is 0 Å². The molecule has 6 N–H and O–H groups in total. The molecule has 1 atom stereocenters. The number of nitrogens with one attached hydrogen (secondary N) is 3. The molecular weight excluding hydrogens is 527 g/mol. The zero-order valence-corrected chi connectivity index (χ0v) is 22.0. The monoisotopic (exact) mass is 558 g/mol. The van der Waals surface area contributed by atoms with Crippen LogP contribution in [0.5, 0.6) is 0 Å². The summed E-state index contributed by atoms with van der Waals surface area (Å²) in [5.74, 6) is -3.57. The third-order valence-electron chi connectivity index (χ3n) is 6.20. The van der Waals surface area contributed by atoms with Crippen molar-refractivity contribution in [2.24, 2.45) is 0 Å². The van der Waals surface area contributed by atoms with Gasteiger partial charge >= 0.3 is 11.9 Å². The van der Waals surface area contributed by atoms with E-state index in [9.17, 15) is 28.7 Å². The van der Waals surface area contributed by atoms with Crippen LogP contribution < -0.4 is 10.6 Å². The zero-order valence-electron chi connectivity index (χ0n) is 22.0. The Balaban J connectivity index is 0.000000482. The molecule has 1 unspecified atom stereocenters. The van der Waals surface area contributed by atoms with Crippen LogP contribution in [-0.2, 0) is 19.1 Å². The maximum atomic E-state index is 13.7. The van der Waals surface area contributed by atoms with Crippen LogP contribution in [0.25, 0.3) is 11.6 Å². The lowest BCUT2D eigenvalue weighted by Crippen LogP contribution is -2.44. The van der Waals surface area contributed by atoms with E-state index >= 15 is 0 Å². The number of aromatic amines is 1. The van der Waals surface area contributed by atoms with Crippen molar-refractivity contribution in [2.75, 3.05) is 44.7 Å². The zero-order chi connectivity index (χ0) is 29.4. The summed E-state index contributed by atoms with van der Waals surface area (Å²) in [7, 11) is 0. The fourth-order valence-corrected chi connectivity index (χ4v) is 4.29. The minimum Gasteiger partial charge on any atom is -0.478 e. The van der Waals surface area contributed by atoms with Crippen molar-refractivity contribution in [1.82, 2.24) is 15.2 Å². The number of aliphatic hydroxyl groups excluding tert-OH is 1. The van der Waals surface area contributed by atoms with Crippen molar-refractivity contribution in [1.29, 1.82) is 0 Å². The maximum absolute atomic E-state index is 13.7. The smallest absolute Gasteiger partial charge is 0.328 e. The Morgan fingerprint density at radius 1 is 1.15 bits per heavy atom. The third kappa shape index (κ3) is 8.09. The summed E-state index contributed by atoms with van der Waals surface area (Å²) in [6.45, 7) is 6.98. The highest BCUT2D eigenvalue weighted by Gasteiger charge is 2.26. The number of carboxylic acid groups (broad SMARTS) is 2. The van der Waals surface area contributed by atoms with Crippen molar-refractivity contribution in [3.8, 4) is 0 Å². The van der Waals surface area contributed by atoms with Gasteiger partial charge < -0.3 is 35.7 Å². The van der Waals surface area contributed by atoms with E-state index in [0.29, 0.717) is 71.2 Å². The number of aliphatic hydroxyl groups is 1. The van der Waals surface area contributed by atoms with Gasteiger partial charge in [-0.3, -0.25) is 14.5 Å². The topological polar surface area (TPSA) is 181 Å². The van der Waals surface area contributed by atoms with Crippen LogP contribution in [0.4, 0.5) is 10.1 Å². The standard InChI is InChI=1S/C23H27FN4O4.C4H4O4/c1-13-20(10-18-17-9-15(24)3-4-19(17)27-22(18)30)26-14(2)21(13)23(31)25-11-16(29)12-28-5-7-32-8-6-28;5-3(6)1-2-4(7)8/h3-4,9-10,16,26,29H,5-8,11-12H2,1-2H3,(H,25,31)(H,27,30);1-2H,(H,5,6)(H,7,8). The van der Waals surface area contributed by atoms with Crippen molar-refractivity contribution in [3.05, 3.63) is 64.2 Å². The number of carbonyl (C=O) groups excluding carboxylic acids is 2. The molecule has 40 heavy (non-hydrogen) atoms. The number of β-amino-alcohol motifs (C(OH)–C–C–N with tert-alkyl or cyclic N) is 1. The Morgan fingerprint density at radius 2 is 1.80 bits per heavy atom. The van der Waals surface area contributed by atoms with Crippen LogP contribution in [0.1, 0.15) is 32.9 Å². The number of nitrogens with zero attached hydrogens (tertiary/aromatic N) is 1. The van der Waals surface area contributed by atoms with Gasteiger partial charge in [0.05, 0.1) is 30.5 Å². The summed E-state index contributed by atoms with van der Waals surface area (Å²) in [6, 6.07) is 4.13. The normalized spacial score (nSPS) is 16.7. The molecule has 214 valence electrons. The molecule has 4 rings (SSSR count). The second-order valence-corrected chi connectivity index (χ2v) is 9.15. The van der Waals surface area contributed by atoms with E-state index in [1.54, 1.807) is 19.9 Å². The molecule has 0 bridgehead atoms. The van der Waals surface area contributed by atoms with Gasteiger partial charge in [-0.15, -0.1) is 0 Å². The number of fused-ring (bicyclic) bond motifs is 1. The number of anilines is 1. The quantitative estimate of drug-likeness (QED) is 0.261. The molecule has 1 fully saturated rings. The highest BCUT2D eigenvalue weighted by atomic mass is 19.1. The fourth-order valence-electron chi connectivity index (χ4n) is 4.29. The number of benzene rings is 1. The van der Waals surface area contributed by atoms with Gasteiger partial charge in [0.2, 0.25) is 0 Å². The molecule has 0 radical (unpaired) electrons. The lowest BCUT2D eigenvalue weighted by Gasteiger charge is -2.28. The average molecular weight is 559 g/mol. The molecule has 0 spiro atoms. The number of carboxylic acids is 2. The molecule has 2 amide bonds. The minimum atomic E-state index is -1.26. The predicted molar refractivity (Wildman–Crippen MR) is 143 cm³/mol. The second kappa shape index (κ2) is 13.6. The van der Waals surface area contributed by atoms with Gasteiger partial charge in [-0.05, 0) is 43.7 Å². The Morgan fingerprint density at radius 3 is 2.42 bits per heavy atom. The number of morpholine rings is 1. The third-order valence-corrected chi connectivity index (χ3v) is 6.20. The van der Waals surface area contributed by atoms with Crippen molar-refractivity contribution in [2.45, 2.75) is 20.0 Å². The summed E-state index contributed by atoms with van der Waals surface area (Å²) in [6.07, 6.45) is 2.06. The summed E-state index contributed by atoms with van der Waals surface area (Å²) >= 11 is 0. The average Bonchev–Trinajstić information content (AvgIpc) is 3.36. The number of amides is 2. The van der Waals surface area contributed by atoms with Crippen LogP contribution in [0.15, 0.2) is 30.4 Å². The maximum Gasteiger partial charge on any atom is 0.328 e. The Bertz CT molecular complexity index is 1330. The van der Waals surface area contributed by atoms with Crippen LogP contribution in [0.3, 0.4) is 0 Å². The molecule has 3 heterocycles. The van der Waals surface area contributed by atoms with Gasteiger partial charge in [0, 0.05) is 61.0 Å². The Kier molecular flexibility index (Phi) is 10.3. The van der Waals surface area contributed by atoms with Gasteiger partial charge in [-0.1, -0.05) is 0 Å². The minimum absolute atomic E-state index is 0.131. The number of halogens is 1. The molecule has 0 aliphatic carbocycles. The summed E-state index contributed by atoms with van der Waals surface area (Å²) in [5.41, 5.74) is 3.75. The number of carbonyl (C=O) groups is 4. The first-order valence-electron chi connectivity index (χ1n) is 12.4. The van der Waals surface area contributed by atoms with E-state index < -0.39 is 23.9 Å². The van der Waals surface area contributed by atoms with E-state index in [2.05, 4.69) is 20.5 Å². The fraction of sp³-hybridized carbons (Fsp3) is 0.333. The van der Waals surface area contributed by atoms with Crippen molar-refractivity contribution in [3.63, 3.8) is 0 Å². The van der Waals surface area contributed by atoms with E-state index in [1.807, 2.05) is 0 Å². The second-order valence-electron chi connectivity index (χ2n) is 9.15. The van der Waals surface area contributed by atoms with Gasteiger partial charge in [0.25, 0.3) is 11.8 Å². The van der Waals surface area contributed by atoms with Gasteiger partial charge in [-0.25, -0.2) is 14.0 Å². The molecule has 2 aliphatic heterocycles. The first kappa shape index (κ1) is 30.2. The number of aliphatic carboxylic acids is 2. The molecule has 2 aromatic rings. The molecule has 1 aromatic heterocycles. The number of hydrogen-bond acceptors (Lipinski definition) is 7.